The summed E-state index contributed by atoms with van der Waals surface area (Å²) in [5, 5.41) is 4.19. The zero-order chi connectivity index (χ0) is 22.9. The van der Waals surface area contributed by atoms with Gasteiger partial charge < -0.3 is 19.3 Å². The van der Waals surface area contributed by atoms with Gasteiger partial charge in [-0.2, -0.15) is 18.3 Å². The quantitative estimate of drug-likeness (QED) is 0.563. The number of halogens is 3. The third-order valence-electron chi connectivity index (χ3n) is 4.94. The fraction of sp³-hybridized carbons (Fsp3) is 0.227. The summed E-state index contributed by atoms with van der Waals surface area (Å²) < 4.78 is 51.1. The maximum atomic E-state index is 12.7. The fourth-order valence-electron chi connectivity index (χ4n) is 3.27. The number of benzene rings is 1. The summed E-state index contributed by atoms with van der Waals surface area (Å²) in [5.74, 6) is 0.925. The first-order valence-corrected chi connectivity index (χ1v) is 9.64. The van der Waals surface area contributed by atoms with Crippen molar-refractivity contribution in [3.63, 3.8) is 0 Å². The van der Waals surface area contributed by atoms with E-state index in [1.54, 1.807) is 23.0 Å². The molecule has 2 aromatic heterocycles. The first-order chi connectivity index (χ1) is 15.2. The van der Waals surface area contributed by atoms with Crippen molar-refractivity contribution in [1.29, 1.82) is 0 Å². The van der Waals surface area contributed by atoms with Crippen molar-refractivity contribution in [2.24, 2.45) is 7.05 Å². The van der Waals surface area contributed by atoms with Crippen LogP contribution in [0.15, 0.2) is 55.3 Å². The van der Waals surface area contributed by atoms with Gasteiger partial charge in [0, 0.05) is 49.2 Å². The Morgan fingerprint density at radius 2 is 1.88 bits per heavy atom. The van der Waals surface area contributed by atoms with Crippen LogP contribution in [0.3, 0.4) is 0 Å². The number of anilines is 2. The monoisotopic (exact) mass is 444 g/mol. The number of alkyl halides is 3. The van der Waals surface area contributed by atoms with Crippen molar-refractivity contribution < 1.29 is 22.6 Å². The highest BCUT2D eigenvalue weighted by molar-refractivity contribution is 5.67. The largest absolute Gasteiger partial charge is 0.493 e. The van der Waals surface area contributed by atoms with E-state index in [4.69, 9.17) is 9.47 Å². The number of aryl methyl sites for hydroxylation is 1. The lowest BCUT2D eigenvalue weighted by atomic mass is 10.1. The average Bonchev–Trinajstić information content (AvgIpc) is 3.41. The molecule has 0 spiro atoms. The molecule has 32 heavy (non-hydrogen) atoms. The van der Waals surface area contributed by atoms with Gasteiger partial charge in [0.1, 0.15) is 12.3 Å². The Morgan fingerprint density at radius 1 is 1.09 bits per heavy atom. The molecule has 7 nitrogen and oxygen atoms in total. The molecule has 1 aliphatic heterocycles. The molecule has 3 heterocycles. The number of pyridine rings is 1. The lowest BCUT2D eigenvalue weighted by molar-refractivity contribution is -0.141. The third-order valence-corrected chi connectivity index (χ3v) is 4.94. The van der Waals surface area contributed by atoms with Gasteiger partial charge in [-0.25, -0.2) is 0 Å². The molecular weight excluding hydrogens is 423 g/mol. The van der Waals surface area contributed by atoms with Crippen LogP contribution in [0, 0.1) is 6.92 Å². The van der Waals surface area contributed by atoms with E-state index < -0.39 is 11.9 Å². The first-order valence-electron chi connectivity index (χ1n) is 9.64. The summed E-state index contributed by atoms with van der Waals surface area (Å²) in [6, 6.07) is 5.84. The van der Waals surface area contributed by atoms with Crippen molar-refractivity contribution in [1.82, 2.24) is 14.8 Å². The number of aromatic nitrogens is 3. The second kappa shape index (κ2) is 8.45. The number of hydrogen-bond donors (Lipinski definition) is 0. The fourth-order valence-corrected chi connectivity index (χ4v) is 3.27. The van der Waals surface area contributed by atoms with Crippen molar-refractivity contribution in [3.05, 3.63) is 79.0 Å². The number of methoxy groups -OCH3 is 1. The third kappa shape index (κ3) is 4.48. The first kappa shape index (κ1) is 21.5. The maximum Gasteiger partial charge on any atom is 0.433 e. The number of nitrogens with zero attached hydrogens (tertiary/aromatic N) is 5. The Hall–Kier alpha value is -3.69. The zero-order valence-corrected chi connectivity index (χ0v) is 17.5. The van der Waals surface area contributed by atoms with Crippen LogP contribution >= 0.6 is 0 Å². The van der Waals surface area contributed by atoms with Gasteiger partial charge >= 0.3 is 6.18 Å². The Bertz CT molecular complexity index is 1130. The summed E-state index contributed by atoms with van der Waals surface area (Å²) in [6.07, 6.45) is 4.23. The highest BCUT2D eigenvalue weighted by Crippen LogP contribution is 2.37. The second-order valence-electron chi connectivity index (χ2n) is 7.22. The molecule has 0 fully saturated rings. The predicted molar refractivity (Wildman–Crippen MR) is 113 cm³/mol. The summed E-state index contributed by atoms with van der Waals surface area (Å²) in [5.41, 5.74) is 2.07. The van der Waals surface area contributed by atoms with Gasteiger partial charge in [0.15, 0.2) is 11.5 Å². The molecule has 1 aromatic carbocycles. The Balaban J connectivity index is 1.51. The molecular formula is C22H21F3N5O2. The molecule has 0 N–H and O–H groups in total. The SMILES string of the molecule is [CH2]c1cc(OC)c(OCc2ccc(C(F)(F)F)nc2)cc1N1C=CN(c2cnn(C)c2)C1. The Kier molecular flexibility index (Phi) is 5.68. The van der Waals surface area contributed by atoms with Gasteiger partial charge in [-0.3, -0.25) is 9.67 Å². The molecule has 10 heteroatoms. The van der Waals surface area contributed by atoms with Gasteiger partial charge in [-0.05, 0) is 24.6 Å². The van der Waals surface area contributed by atoms with Crippen LogP contribution in [0.25, 0.3) is 0 Å². The number of ether oxygens (including phenoxy) is 2. The molecule has 0 amide bonds. The highest BCUT2D eigenvalue weighted by Gasteiger charge is 2.32. The van der Waals surface area contributed by atoms with E-state index in [1.165, 1.54) is 13.2 Å². The van der Waals surface area contributed by atoms with E-state index in [0.29, 0.717) is 23.7 Å². The minimum absolute atomic E-state index is 0.0368. The van der Waals surface area contributed by atoms with Gasteiger partial charge in [0.25, 0.3) is 0 Å². The van der Waals surface area contributed by atoms with Crippen LogP contribution in [0.5, 0.6) is 11.5 Å². The summed E-state index contributed by atoms with van der Waals surface area (Å²) in [6.45, 7) is 4.70. The molecule has 0 unspecified atom stereocenters. The van der Waals surface area contributed by atoms with Crippen LogP contribution < -0.4 is 19.3 Å². The van der Waals surface area contributed by atoms with Crippen LogP contribution in [0.1, 0.15) is 16.8 Å². The molecule has 0 saturated carbocycles. The lowest BCUT2D eigenvalue weighted by Crippen LogP contribution is -2.25. The van der Waals surface area contributed by atoms with Crippen LogP contribution in [-0.4, -0.2) is 28.5 Å². The molecule has 3 aromatic rings. The van der Waals surface area contributed by atoms with Crippen molar-refractivity contribution >= 4 is 11.4 Å². The van der Waals surface area contributed by atoms with Crippen molar-refractivity contribution in [3.8, 4) is 11.5 Å². The van der Waals surface area contributed by atoms with Gasteiger partial charge in [0.2, 0.25) is 0 Å². The standard InChI is InChI=1S/C22H21F3N5O2/c1-15-8-19(31-3)20(32-13-16-4-5-21(26-10-16)22(23,24)25)9-18(15)30-7-6-29(14-30)17-11-27-28(2)12-17/h4-12H,1,13-14H2,2-3H3. The molecule has 4 rings (SSSR count). The van der Waals surface area contributed by atoms with Crippen LogP contribution in [-0.2, 0) is 19.8 Å². The van der Waals surface area contributed by atoms with E-state index in [9.17, 15) is 13.2 Å². The molecule has 1 radical (unpaired) electrons. The van der Waals surface area contributed by atoms with Crippen molar-refractivity contribution in [2.45, 2.75) is 12.8 Å². The van der Waals surface area contributed by atoms with E-state index in [-0.39, 0.29) is 6.61 Å². The van der Waals surface area contributed by atoms with E-state index in [0.717, 1.165) is 29.2 Å². The van der Waals surface area contributed by atoms with Gasteiger partial charge in [0.05, 0.1) is 25.7 Å². The number of hydrogen-bond acceptors (Lipinski definition) is 6. The Labute approximate surface area is 183 Å². The van der Waals surface area contributed by atoms with E-state index in [1.807, 2.05) is 35.4 Å². The minimum Gasteiger partial charge on any atom is -0.493 e. The van der Waals surface area contributed by atoms with E-state index >= 15 is 0 Å². The smallest absolute Gasteiger partial charge is 0.433 e. The average molecular weight is 444 g/mol. The van der Waals surface area contributed by atoms with E-state index in [2.05, 4.69) is 17.0 Å². The summed E-state index contributed by atoms with van der Waals surface area (Å²) in [7, 11) is 3.37. The summed E-state index contributed by atoms with van der Waals surface area (Å²) >= 11 is 0. The van der Waals surface area contributed by atoms with Gasteiger partial charge in [-0.1, -0.05) is 6.07 Å². The topological polar surface area (TPSA) is 55.7 Å². The maximum absolute atomic E-state index is 12.7. The van der Waals surface area contributed by atoms with Gasteiger partial charge in [-0.15, -0.1) is 0 Å². The highest BCUT2D eigenvalue weighted by atomic mass is 19.4. The van der Waals surface area contributed by atoms with Crippen molar-refractivity contribution in [2.75, 3.05) is 23.6 Å². The zero-order valence-electron chi connectivity index (χ0n) is 17.5. The number of rotatable bonds is 6. The van der Waals surface area contributed by atoms with Crippen LogP contribution in [0.4, 0.5) is 24.5 Å². The lowest BCUT2D eigenvalue weighted by Gasteiger charge is -2.23. The molecule has 0 bridgehead atoms. The molecule has 0 saturated heterocycles. The minimum atomic E-state index is -4.48. The molecule has 1 aliphatic rings. The molecule has 0 aliphatic carbocycles. The second-order valence-corrected chi connectivity index (χ2v) is 7.22. The molecule has 0 atom stereocenters. The van der Waals surface area contributed by atoms with Crippen LogP contribution in [0.2, 0.25) is 0 Å². The normalized spacial score (nSPS) is 13.7. The summed E-state index contributed by atoms with van der Waals surface area (Å²) in [4.78, 5) is 7.50. The predicted octanol–water partition coefficient (Wildman–Crippen LogP) is 4.36. The molecule has 167 valence electrons. The Morgan fingerprint density at radius 3 is 2.50 bits per heavy atom.